The fourth-order valence-corrected chi connectivity index (χ4v) is 2.94. The van der Waals surface area contributed by atoms with Crippen LogP contribution in [0.3, 0.4) is 0 Å². The van der Waals surface area contributed by atoms with Crippen LogP contribution < -0.4 is 74.1 Å². The number of allylic oxidation sites excluding steroid dienone is 1. The third kappa shape index (κ3) is 5.60. The number of hydrogen-bond donors (Lipinski definition) is 0. The summed E-state index contributed by atoms with van der Waals surface area (Å²) in [5.74, 6) is -2.79. The molecule has 3 aromatic carbocycles. The second kappa shape index (κ2) is 11.5. The molecule has 0 saturated carbocycles. The topological polar surface area (TPSA) is 107 Å². The van der Waals surface area contributed by atoms with Gasteiger partial charge in [0.25, 0.3) is 0 Å². The maximum Gasteiger partial charge on any atom is 1.00 e. The van der Waals surface area contributed by atoms with Crippen LogP contribution in [-0.2, 0) is 0 Å². The van der Waals surface area contributed by atoms with Gasteiger partial charge in [-0.25, -0.2) is 0 Å². The van der Waals surface area contributed by atoms with Crippen LogP contribution in [-0.4, -0.2) is 24.8 Å². The minimum Gasteiger partial charge on any atom is -0.545 e. The fraction of sp³-hybridized carbons (Fsp3) is 0.0455. The summed E-state index contributed by atoms with van der Waals surface area (Å²) in [6.45, 7) is 0. The first kappa shape index (κ1) is 26.1. The van der Waals surface area contributed by atoms with Gasteiger partial charge in [0.15, 0.2) is 5.78 Å². The van der Waals surface area contributed by atoms with Gasteiger partial charge < -0.3 is 24.5 Å². The van der Waals surface area contributed by atoms with Gasteiger partial charge in [-0.15, -0.1) is 0 Å². The van der Waals surface area contributed by atoms with E-state index in [0.29, 0.717) is 5.75 Å². The van der Waals surface area contributed by atoms with Crippen molar-refractivity contribution < 1.29 is 88.4 Å². The van der Waals surface area contributed by atoms with Crippen molar-refractivity contribution in [1.29, 1.82) is 0 Å². The molecule has 3 aromatic rings. The summed E-state index contributed by atoms with van der Waals surface area (Å²) < 4.78 is 5.08. The van der Waals surface area contributed by atoms with Crippen molar-refractivity contribution in [2.75, 3.05) is 7.11 Å². The molecule has 6 nitrogen and oxygen atoms in total. The third-order valence-electron chi connectivity index (χ3n) is 4.29. The Morgan fingerprint density at radius 3 is 1.93 bits per heavy atom. The van der Waals surface area contributed by atoms with E-state index in [-0.39, 0.29) is 86.6 Å². The molecule has 0 amide bonds. The largest absolute Gasteiger partial charge is 1.00 e. The molecule has 0 radical (unpaired) electrons. The SMILES string of the molecule is COc1ccc(/C=C\C(=O)c2ccc(C(=O)[O-])c3c(C(=O)[O-])cccc23)cc1.[Na+].[Na+]. The van der Waals surface area contributed by atoms with E-state index >= 15 is 0 Å². The van der Waals surface area contributed by atoms with E-state index in [0.717, 1.165) is 5.56 Å². The standard InChI is InChI=1S/C22H16O6.2Na/c1-28-14-8-5-13(6-9-14)7-12-19(23)15-10-11-18(22(26)27)20-16(15)3-2-4-17(20)21(24)25;;/h2-12H,1H3,(H,24,25)(H,26,27);;/q;2*+1/p-2/b12-7-;;. The number of carboxylic acid groups (broad SMARTS) is 2. The number of carbonyl (C=O) groups excluding carboxylic acids is 3. The number of carbonyl (C=O) groups is 3. The van der Waals surface area contributed by atoms with E-state index in [2.05, 4.69) is 0 Å². The Kier molecular flexibility index (Phi) is 9.97. The van der Waals surface area contributed by atoms with Gasteiger partial charge in [-0.1, -0.05) is 42.5 Å². The van der Waals surface area contributed by atoms with E-state index in [1.807, 2.05) is 0 Å². The van der Waals surface area contributed by atoms with Gasteiger partial charge >= 0.3 is 59.1 Å². The summed E-state index contributed by atoms with van der Waals surface area (Å²) in [5, 5.41) is 22.9. The first-order chi connectivity index (χ1) is 13.4. The van der Waals surface area contributed by atoms with Crippen LogP contribution in [0.4, 0.5) is 0 Å². The summed E-state index contributed by atoms with van der Waals surface area (Å²) in [6.07, 6.45) is 2.93. The van der Waals surface area contributed by atoms with Crippen molar-refractivity contribution in [3.8, 4) is 5.75 Å². The molecule has 0 N–H and O–H groups in total. The molecule has 3 rings (SSSR count). The van der Waals surface area contributed by atoms with Crippen LogP contribution in [0.25, 0.3) is 16.8 Å². The van der Waals surface area contributed by atoms with Crippen LogP contribution >= 0.6 is 0 Å². The molecule has 0 atom stereocenters. The minimum absolute atomic E-state index is 0. The number of rotatable bonds is 6. The molecule has 0 fully saturated rings. The van der Waals surface area contributed by atoms with Gasteiger partial charge in [-0.2, -0.15) is 0 Å². The molecular formula is C22H14Na2O6. The number of benzene rings is 3. The van der Waals surface area contributed by atoms with Crippen LogP contribution in [0.1, 0.15) is 36.6 Å². The van der Waals surface area contributed by atoms with E-state index in [9.17, 15) is 24.6 Å². The zero-order valence-electron chi connectivity index (χ0n) is 16.8. The summed E-state index contributed by atoms with van der Waals surface area (Å²) >= 11 is 0. The number of hydrogen-bond acceptors (Lipinski definition) is 6. The smallest absolute Gasteiger partial charge is 0.545 e. The molecular weight excluding hydrogens is 406 g/mol. The molecule has 0 aliphatic rings. The summed E-state index contributed by atoms with van der Waals surface area (Å²) in [5.41, 5.74) is 0.309. The molecule has 140 valence electrons. The number of carboxylic acids is 2. The van der Waals surface area contributed by atoms with Crippen molar-refractivity contribution in [2.24, 2.45) is 0 Å². The quantitative estimate of drug-likeness (QED) is 0.226. The minimum atomic E-state index is -1.54. The Labute approximate surface area is 217 Å². The Hall–Kier alpha value is -1.93. The van der Waals surface area contributed by atoms with Crippen LogP contribution in [0, 0.1) is 0 Å². The van der Waals surface area contributed by atoms with E-state index < -0.39 is 17.7 Å². The molecule has 0 saturated heterocycles. The second-order valence-corrected chi connectivity index (χ2v) is 5.93. The number of fused-ring (bicyclic) bond motifs is 1. The predicted octanol–water partition coefficient (Wildman–Crippen LogP) is -4.52. The van der Waals surface area contributed by atoms with Crippen molar-refractivity contribution in [3.63, 3.8) is 0 Å². The number of ether oxygens (including phenoxy) is 1. The van der Waals surface area contributed by atoms with Crippen LogP contribution in [0.15, 0.2) is 60.7 Å². The first-order valence-corrected chi connectivity index (χ1v) is 8.27. The Balaban J connectivity index is 0.00000225. The van der Waals surface area contributed by atoms with Gasteiger partial charge in [0.05, 0.1) is 19.0 Å². The van der Waals surface area contributed by atoms with E-state index in [1.54, 1.807) is 37.5 Å². The molecule has 0 bridgehead atoms. The number of methoxy groups -OCH3 is 1. The molecule has 0 aliphatic heterocycles. The average molecular weight is 420 g/mol. The van der Waals surface area contributed by atoms with Crippen molar-refractivity contribution in [3.05, 3.63) is 82.9 Å². The van der Waals surface area contributed by atoms with Gasteiger partial charge in [0, 0.05) is 22.1 Å². The summed E-state index contributed by atoms with van der Waals surface area (Å²) in [7, 11) is 1.55. The van der Waals surface area contributed by atoms with Gasteiger partial charge in [0.1, 0.15) is 5.75 Å². The zero-order valence-corrected chi connectivity index (χ0v) is 20.8. The zero-order chi connectivity index (χ0) is 20.3. The number of aromatic carboxylic acids is 2. The van der Waals surface area contributed by atoms with Crippen molar-refractivity contribution in [1.82, 2.24) is 0 Å². The Morgan fingerprint density at radius 2 is 1.37 bits per heavy atom. The monoisotopic (exact) mass is 420 g/mol. The van der Waals surface area contributed by atoms with Crippen LogP contribution in [0.2, 0.25) is 0 Å². The normalized spacial score (nSPS) is 10.2. The van der Waals surface area contributed by atoms with Crippen LogP contribution in [0.5, 0.6) is 5.75 Å². The Bertz CT molecular complexity index is 1100. The molecule has 0 aromatic heterocycles. The number of ketones is 1. The Morgan fingerprint density at radius 1 is 0.800 bits per heavy atom. The van der Waals surface area contributed by atoms with Gasteiger partial charge in [0.2, 0.25) is 0 Å². The summed E-state index contributed by atoms with van der Waals surface area (Å²) in [6, 6.07) is 13.7. The van der Waals surface area contributed by atoms with Gasteiger partial charge in [-0.05, 0) is 35.2 Å². The maximum absolute atomic E-state index is 12.7. The molecule has 0 spiro atoms. The fourth-order valence-electron chi connectivity index (χ4n) is 2.94. The van der Waals surface area contributed by atoms with Gasteiger partial charge in [-0.3, -0.25) is 4.79 Å². The average Bonchev–Trinajstić information content (AvgIpc) is 2.70. The first-order valence-electron chi connectivity index (χ1n) is 8.27. The summed E-state index contributed by atoms with van der Waals surface area (Å²) in [4.78, 5) is 35.5. The van der Waals surface area contributed by atoms with Crippen molar-refractivity contribution in [2.45, 2.75) is 0 Å². The maximum atomic E-state index is 12.7. The van der Waals surface area contributed by atoms with Crippen molar-refractivity contribution >= 4 is 34.6 Å². The predicted molar refractivity (Wildman–Crippen MR) is 99.0 cm³/mol. The molecule has 0 aliphatic carbocycles. The molecule has 0 heterocycles. The molecule has 0 unspecified atom stereocenters. The van der Waals surface area contributed by atoms with E-state index in [1.165, 1.54) is 36.4 Å². The third-order valence-corrected chi connectivity index (χ3v) is 4.29. The molecule has 30 heavy (non-hydrogen) atoms. The van der Waals surface area contributed by atoms with E-state index in [4.69, 9.17) is 4.74 Å². The second-order valence-electron chi connectivity index (χ2n) is 5.93. The molecule has 8 heteroatoms.